The number of hydrogen-bond donors (Lipinski definition) is 0. The number of hydrogen-bond acceptors (Lipinski definition) is 3. The Bertz CT molecular complexity index is 410. The smallest absolute Gasteiger partial charge is 0.236 e. The molecule has 1 heterocycles. The van der Waals surface area contributed by atoms with Crippen LogP contribution in [0.3, 0.4) is 0 Å². The van der Waals surface area contributed by atoms with Crippen molar-refractivity contribution in [3.8, 4) is 0 Å². The van der Waals surface area contributed by atoms with Gasteiger partial charge in [-0.05, 0) is 19.2 Å². The van der Waals surface area contributed by atoms with Gasteiger partial charge in [-0.2, -0.15) is 0 Å². The molecule has 0 saturated carbocycles. The second-order valence-electron chi connectivity index (χ2n) is 4.02. The Kier molecular flexibility index (Phi) is 5.18. The summed E-state index contributed by atoms with van der Waals surface area (Å²) in [5.41, 5.74) is 0.674. The van der Waals surface area contributed by atoms with E-state index < -0.39 is 0 Å². The summed E-state index contributed by atoms with van der Waals surface area (Å²) in [6, 6.07) is 3.34. The quantitative estimate of drug-likeness (QED) is 0.788. The summed E-state index contributed by atoms with van der Waals surface area (Å²) in [6.45, 7) is 0.802. The standard InChI is InChI=1S/C11H15Cl2N3O/c1-15(2)11(17)7-16(3)6-9-8(12)4-5-10(13)14-9/h4-5H,6-7H2,1-3H3. The van der Waals surface area contributed by atoms with E-state index in [1.54, 1.807) is 31.1 Å². The van der Waals surface area contributed by atoms with E-state index in [-0.39, 0.29) is 5.91 Å². The molecule has 94 valence electrons. The molecule has 0 aliphatic heterocycles. The van der Waals surface area contributed by atoms with E-state index >= 15 is 0 Å². The van der Waals surface area contributed by atoms with Crippen molar-refractivity contribution in [2.75, 3.05) is 27.7 Å². The molecule has 17 heavy (non-hydrogen) atoms. The molecule has 0 spiro atoms. The summed E-state index contributed by atoms with van der Waals surface area (Å²) in [5, 5.41) is 0.954. The highest BCUT2D eigenvalue weighted by atomic mass is 35.5. The van der Waals surface area contributed by atoms with Gasteiger partial charge >= 0.3 is 0 Å². The highest BCUT2D eigenvalue weighted by Crippen LogP contribution is 2.17. The van der Waals surface area contributed by atoms with Crippen LogP contribution >= 0.6 is 23.2 Å². The summed E-state index contributed by atoms with van der Waals surface area (Å²) < 4.78 is 0. The topological polar surface area (TPSA) is 36.4 Å². The average Bonchev–Trinajstić information content (AvgIpc) is 2.23. The number of likely N-dealkylation sites (N-methyl/N-ethyl adjacent to an activating group) is 2. The van der Waals surface area contributed by atoms with E-state index in [1.807, 2.05) is 11.9 Å². The number of pyridine rings is 1. The van der Waals surface area contributed by atoms with Crippen molar-refractivity contribution in [2.45, 2.75) is 6.54 Å². The Hall–Kier alpha value is -0.840. The molecule has 1 aromatic heterocycles. The molecule has 0 aliphatic rings. The summed E-state index contributed by atoms with van der Waals surface area (Å²) in [4.78, 5) is 19.0. The average molecular weight is 276 g/mol. The summed E-state index contributed by atoms with van der Waals surface area (Å²) >= 11 is 11.8. The van der Waals surface area contributed by atoms with Crippen molar-refractivity contribution in [3.63, 3.8) is 0 Å². The maximum absolute atomic E-state index is 11.5. The Morgan fingerprint density at radius 2 is 1.94 bits per heavy atom. The largest absolute Gasteiger partial charge is 0.348 e. The van der Waals surface area contributed by atoms with E-state index in [2.05, 4.69) is 4.98 Å². The molecule has 1 aromatic rings. The summed E-state index contributed by atoms with van der Waals surface area (Å²) in [6.07, 6.45) is 0. The molecule has 1 amide bonds. The van der Waals surface area contributed by atoms with Crippen LogP contribution < -0.4 is 0 Å². The van der Waals surface area contributed by atoms with Crippen LogP contribution in [0, 0.1) is 0 Å². The number of amides is 1. The fourth-order valence-electron chi connectivity index (χ4n) is 1.25. The second-order valence-corrected chi connectivity index (χ2v) is 4.82. The Balaban J connectivity index is 2.64. The van der Waals surface area contributed by atoms with E-state index in [0.29, 0.717) is 29.0 Å². The first-order chi connectivity index (χ1) is 7.90. The maximum Gasteiger partial charge on any atom is 0.236 e. The summed E-state index contributed by atoms with van der Waals surface area (Å²) in [7, 11) is 5.28. The Labute approximate surface area is 111 Å². The Morgan fingerprint density at radius 1 is 1.29 bits per heavy atom. The first-order valence-electron chi connectivity index (χ1n) is 5.09. The Morgan fingerprint density at radius 3 is 2.53 bits per heavy atom. The van der Waals surface area contributed by atoms with Gasteiger partial charge in [0.05, 0.1) is 17.3 Å². The van der Waals surface area contributed by atoms with Crippen molar-refractivity contribution in [1.82, 2.24) is 14.8 Å². The van der Waals surface area contributed by atoms with Gasteiger partial charge in [-0.25, -0.2) is 4.98 Å². The molecular weight excluding hydrogens is 261 g/mol. The number of rotatable bonds is 4. The lowest BCUT2D eigenvalue weighted by atomic mass is 10.3. The molecule has 4 nitrogen and oxygen atoms in total. The van der Waals surface area contributed by atoms with Gasteiger partial charge in [0.15, 0.2) is 0 Å². The molecular formula is C11H15Cl2N3O. The first-order valence-corrected chi connectivity index (χ1v) is 5.85. The van der Waals surface area contributed by atoms with Crippen LogP contribution in [0.5, 0.6) is 0 Å². The van der Waals surface area contributed by atoms with Crippen molar-refractivity contribution in [2.24, 2.45) is 0 Å². The van der Waals surface area contributed by atoms with Gasteiger partial charge in [0.25, 0.3) is 0 Å². The zero-order valence-electron chi connectivity index (χ0n) is 10.1. The first kappa shape index (κ1) is 14.2. The minimum absolute atomic E-state index is 0.0330. The van der Waals surface area contributed by atoms with Crippen molar-refractivity contribution in [1.29, 1.82) is 0 Å². The normalized spacial score (nSPS) is 10.7. The van der Waals surface area contributed by atoms with E-state index in [0.717, 1.165) is 0 Å². The molecule has 0 atom stereocenters. The number of halogens is 2. The van der Waals surface area contributed by atoms with Crippen LogP contribution in [-0.4, -0.2) is 48.4 Å². The van der Waals surface area contributed by atoms with E-state index in [1.165, 1.54) is 0 Å². The third kappa shape index (κ3) is 4.50. The highest BCUT2D eigenvalue weighted by molar-refractivity contribution is 6.32. The number of carbonyl (C=O) groups excluding carboxylic acids is 1. The SMILES string of the molecule is CN(CC(=O)N(C)C)Cc1nc(Cl)ccc1Cl. The lowest BCUT2D eigenvalue weighted by Gasteiger charge is -2.18. The third-order valence-electron chi connectivity index (χ3n) is 2.21. The molecule has 0 aromatic carbocycles. The van der Waals surface area contributed by atoms with Gasteiger partial charge in [0.1, 0.15) is 5.15 Å². The molecule has 0 bridgehead atoms. The van der Waals surface area contributed by atoms with Crippen LogP contribution in [0.4, 0.5) is 0 Å². The van der Waals surface area contributed by atoms with Gasteiger partial charge < -0.3 is 4.90 Å². The zero-order valence-corrected chi connectivity index (χ0v) is 11.6. The van der Waals surface area contributed by atoms with Crippen LogP contribution in [0.2, 0.25) is 10.2 Å². The minimum atomic E-state index is 0.0330. The fraction of sp³-hybridized carbons (Fsp3) is 0.455. The highest BCUT2D eigenvalue weighted by Gasteiger charge is 2.11. The molecule has 1 rings (SSSR count). The lowest BCUT2D eigenvalue weighted by Crippen LogP contribution is -2.34. The number of aromatic nitrogens is 1. The van der Waals surface area contributed by atoms with Crippen molar-refractivity contribution >= 4 is 29.1 Å². The van der Waals surface area contributed by atoms with Gasteiger partial charge in [-0.3, -0.25) is 9.69 Å². The van der Waals surface area contributed by atoms with Gasteiger partial charge in [0.2, 0.25) is 5.91 Å². The predicted molar refractivity (Wildman–Crippen MR) is 69.3 cm³/mol. The molecule has 6 heteroatoms. The molecule has 0 aliphatic carbocycles. The molecule has 0 unspecified atom stereocenters. The van der Waals surface area contributed by atoms with Crippen molar-refractivity contribution < 1.29 is 4.79 Å². The monoisotopic (exact) mass is 275 g/mol. The van der Waals surface area contributed by atoms with Crippen LogP contribution in [0.1, 0.15) is 5.69 Å². The molecule has 0 saturated heterocycles. The van der Waals surface area contributed by atoms with E-state index in [9.17, 15) is 4.79 Å². The lowest BCUT2D eigenvalue weighted by molar-refractivity contribution is -0.129. The molecule has 0 radical (unpaired) electrons. The van der Waals surface area contributed by atoms with Crippen LogP contribution in [0.15, 0.2) is 12.1 Å². The zero-order chi connectivity index (χ0) is 13.0. The van der Waals surface area contributed by atoms with Gasteiger partial charge in [-0.1, -0.05) is 23.2 Å². The van der Waals surface area contributed by atoms with Crippen LogP contribution in [-0.2, 0) is 11.3 Å². The fourth-order valence-corrected chi connectivity index (χ4v) is 1.58. The maximum atomic E-state index is 11.5. The second kappa shape index (κ2) is 6.19. The van der Waals surface area contributed by atoms with Gasteiger partial charge in [0, 0.05) is 20.6 Å². The minimum Gasteiger partial charge on any atom is -0.348 e. The molecule has 0 N–H and O–H groups in total. The third-order valence-corrected chi connectivity index (χ3v) is 2.76. The van der Waals surface area contributed by atoms with Crippen LogP contribution in [0.25, 0.3) is 0 Å². The molecule has 0 fully saturated rings. The van der Waals surface area contributed by atoms with Gasteiger partial charge in [-0.15, -0.1) is 0 Å². The number of nitrogens with zero attached hydrogens (tertiary/aromatic N) is 3. The van der Waals surface area contributed by atoms with E-state index in [4.69, 9.17) is 23.2 Å². The predicted octanol–water partition coefficient (Wildman–Crippen LogP) is 1.91. The number of carbonyl (C=O) groups is 1. The summed E-state index contributed by atoms with van der Waals surface area (Å²) in [5.74, 6) is 0.0330. The van der Waals surface area contributed by atoms with Crippen molar-refractivity contribution in [3.05, 3.63) is 28.0 Å².